The lowest BCUT2D eigenvalue weighted by atomic mass is 10.2. The second-order valence-electron chi connectivity index (χ2n) is 5.47. The van der Waals surface area contributed by atoms with Gasteiger partial charge in [0, 0.05) is 37.5 Å². The Morgan fingerprint density at radius 3 is 2.64 bits per heavy atom. The first-order valence-corrected chi connectivity index (χ1v) is 8.22. The van der Waals surface area contributed by atoms with E-state index in [0.29, 0.717) is 30.4 Å². The molecular weight excluding hydrogens is 344 g/mol. The number of ether oxygens (including phenoxy) is 2. The van der Waals surface area contributed by atoms with E-state index in [1.54, 1.807) is 32.4 Å². The highest BCUT2D eigenvalue weighted by atomic mass is 35.5. The molecule has 0 saturated heterocycles. The van der Waals surface area contributed by atoms with Gasteiger partial charge in [-0.15, -0.1) is 0 Å². The van der Waals surface area contributed by atoms with Crippen LogP contribution in [-0.4, -0.2) is 30.8 Å². The summed E-state index contributed by atoms with van der Waals surface area (Å²) in [4.78, 5) is 23.9. The van der Waals surface area contributed by atoms with E-state index >= 15 is 0 Å². The zero-order chi connectivity index (χ0) is 18.2. The van der Waals surface area contributed by atoms with Gasteiger partial charge in [-0.2, -0.15) is 0 Å². The van der Waals surface area contributed by atoms with E-state index in [9.17, 15) is 9.59 Å². The van der Waals surface area contributed by atoms with Crippen LogP contribution in [0, 0.1) is 6.92 Å². The quantitative estimate of drug-likeness (QED) is 0.779. The molecule has 7 heteroatoms. The van der Waals surface area contributed by atoms with Gasteiger partial charge in [0.05, 0.1) is 12.3 Å². The third kappa shape index (κ3) is 5.62. The molecule has 134 valence electrons. The van der Waals surface area contributed by atoms with Crippen molar-refractivity contribution in [3.05, 3.63) is 63.0 Å². The van der Waals surface area contributed by atoms with E-state index in [0.717, 1.165) is 5.56 Å². The number of hydrogen-bond donors (Lipinski definition) is 1. The topological polar surface area (TPSA) is 69.6 Å². The molecule has 1 heterocycles. The number of rotatable bonds is 8. The molecular formula is C18H21ClN2O4. The number of halogens is 1. The molecule has 1 N–H and O–H groups in total. The van der Waals surface area contributed by atoms with Gasteiger partial charge in [0.1, 0.15) is 0 Å². The van der Waals surface area contributed by atoms with Crippen LogP contribution in [0.25, 0.3) is 0 Å². The van der Waals surface area contributed by atoms with Gasteiger partial charge in [0.15, 0.2) is 12.4 Å². The number of hydrogen-bond acceptors (Lipinski definition) is 4. The molecule has 0 saturated carbocycles. The third-order valence-electron chi connectivity index (χ3n) is 3.68. The highest BCUT2D eigenvalue weighted by Crippen LogP contribution is 2.12. The Hall–Kier alpha value is -2.31. The summed E-state index contributed by atoms with van der Waals surface area (Å²) in [5.41, 5.74) is 1.34. The number of pyridine rings is 1. The van der Waals surface area contributed by atoms with E-state index in [4.69, 9.17) is 21.1 Å². The fraction of sp³-hybridized carbons (Fsp3) is 0.333. The first-order chi connectivity index (χ1) is 12.0. The molecule has 0 radical (unpaired) electrons. The van der Waals surface area contributed by atoms with Gasteiger partial charge in [-0.05, 0) is 24.6 Å². The summed E-state index contributed by atoms with van der Waals surface area (Å²) in [6, 6.07) is 8.60. The van der Waals surface area contributed by atoms with E-state index in [1.807, 2.05) is 16.7 Å². The largest absolute Gasteiger partial charge is 0.478 e. The molecule has 0 aliphatic rings. The predicted octanol–water partition coefficient (Wildman–Crippen LogP) is 2.15. The van der Waals surface area contributed by atoms with Crippen molar-refractivity contribution in [3.63, 3.8) is 0 Å². The number of aromatic nitrogens is 1. The van der Waals surface area contributed by atoms with Crippen molar-refractivity contribution in [2.24, 2.45) is 0 Å². The second-order valence-corrected chi connectivity index (χ2v) is 5.91. The molecule has 0 atom stereocenters. The third-order valence-corrected chi connectivity index (χ3v) is 3.93. The Balaban J connectivity index is 1.92. The number of nitrogens with one attached hydrogen (secondary N) is 1. The molecule has 2 aromatic rings. The molecule has 0 spiro atoms. The maximum Gasteiger partial charge on any atom is 0.258 e. The lowest BCUT2D eigenvalue weighted by Crippen LogP contribution is -2.29. The van der Waals surface area contributed by atoms with Crippen LogP contribution in [0.15, 0.2) is 41.3 Å². The summed E-state index contributed by atoms with van der Waals surface area (Å²) >= 11 is 5.82. The molecule has 0 aliphatic heterocycles. The zero-order valence-electron chi connectivity index (χ0n) is 14.3. The Morgan fingerprint density at radius 2 is 1.96 bits per heavy atom. The number of carbonyl (C=O) groups is 1. The van der Waals surface area contributed by atoms with E-state index in [2.05, 4.69) is 5.32 Å². The minimum absolute atomic E-state index is 0.181. The normalized spacial score (nSPS) is 10.5. The van der Waals surface area contributed by atoms with Gasteiger partial charge < -0.3 is 19.4 Å². The van der Waals surface area contributed by atoms with Crippen LogP contribution in [0.4, 0.5) is 0 Å². The van der Waals surface area contributed by atoms with Crippen molar-refractivity contribution in [1.29, 1.82) is 0 Å². The number of amides is 1. The Bertz CT molecular complexity index is 772. The van der Waals surface area contributed by atoms with E-state index in [1.165, 1.54) is 6.07 Å². The lowest BCUT2D eigenvalue weighted by Gasteiger charge is -2.14. The van der Waals surface area contributed by atoms with Crippen LogP contribution in [0.3, 0.4) is 0 Å². The van der Waals surface area contributed by atoms with Gasteiger partial charge in [-0.3, -0.25) is 9.59 Å². The number of carbonyl (C=O) groups excluding carboxylic acids is 1. The Labute approximate surface area is 151 Å². The zero-order valence-corrected chi connectivity index (χ0v) is 15.0. The van der Waals surface area contributed by atoms with E-state index in [-0.39, 0.29) is 23.7 Å². The van der Waals surface area contributed by atoms with Crippen LogP contribution in [-0.2, 0) is 22.6 Å². The maximum absolute atomic E-state index is 12.0. The summed E-state index contributed by atoms with van der Waals surface area (Å²) in [5.74, 6) is -0.124. The second kappa shape index (κ2) is 9.25. The minimum atomic E-state index is -0.305. The summed E-state index contributed by atoms with van der Waals surface area (Å²) in [5, 5.41) is 3.38. The molecule has 0 unspecified atom stereocenters. The van der Waals surface area contributed by atoms with Crippen molar-refractivity contribution in [2.45, 2.75) is 20.0 Å². The van der Waals surface area contributed by atoms with Gasteiger partial charge in [-0.1, -0.05) is 23.7 Å². The van der Waals surface area contributed by atoms with Crippen molar-refractivity contribution in [1.82, 2.24) is 9.88 Å². The maximum atomic E-state index is 12.0. The van der Waals surface area contributed by atoms with Gasteiger partial charge in [-0.25, -0.2) is 0 Å². The SMILES string of the molecule is COCCn1ccc(=O)c(OCC(=O)NCc2ccc(Cl)cc2)c1C. The smallest absolute Gasteiger partial charge is 0.258 e. The number of nitrogens with zero attached hydrogens (tertiary/aromatic N) is 1. The minimum Gasteiger partial charge on any atom is -0.478 e. The molecule has 2 rings (SSSR count). The van der Waals surface area contributed by atoms with Crippen LogP contribution < -0.4 is 15.5 Å². The molecule has 1 amide bonds. The van der Waals surface area contributed by atoms with Crippen LogP contribution in [0.5, 0.6) is 5.75 Å². The monoisotopic (exact) mass is 364 g/mol. The average Bonchev–Trinajstić information content (AvgIpc) is 2.60. The Kier molecular flexibility index (Phi) is 7.03. The molecule has 1 aromatic carbocycles. The summed E-state index contributed by atoms with van der Waals surface area (Å²) in [6.07, 6.45) is 1.68. The van der Waals surface area contributed by atoms with E-state index < -0.39 is 0 Å². The number of methoxy groups -OCH3 is 1. The standard InChI is InChI=1S/C18H21ClN2O4/c1-13-18(16(22)7-8-21(13)9-10-24-2)25-12-17(23)20-11-14-3-5-15(19)6-4-14/h3-8H,9-12H2,1-2H3,(H,20,23). The molecule has 0 aliphatic carbocycles. The highest BCUT2D eigenvalue weighted by Gasteiger charge is 2.11. The summed E-state index contributed by atoms with van der Waals surface area (Å²) < 4.78 is 12.3. The predicted molar refractivity (Wildman–Crippen MR) is 96.1 cm³/mol. The van der Waals surface area contributed by atoms with Gasteiger partial charge in [0.2, 0.25) is 5.43 Å². The fourth-order valence-electron chi connectivity index (χ4n) is 2.25. The molecule has 25 heavy (non-hydrogen) atoms. The first-order valence-electron chi connectivity index (χ1n) is 7.84. The highest BCUT2D eigenvalue weighted by molar-refractivity contribution is 6.30. The fourth-order valence-corrected chi connectivity index (χ4v) is 2.38. The Morgan fingerprint density at radius 1 is 1.24 bits per heavy atom. The average molecular weight is 365 g/mol. The van der Waals surface area contributed by atoms with Crippen molar-refractivity contribution < 1.29 is 14.3 Å². The molecule has 6 nitrogen and oxygen atoms in total. The van der Waals surface area contributed by atoms with Crippen LogP contribution in [0.2, 0.25) is 5.02 Å². The van der Waals surface area contributed by atoms with Crippen LogP contribution in [0.1, 0.15) is 11.3 Å². The van der Waals surface area contributed by atoms with Gasteiger partial charge >= 0.3 is 0 Å². The van der Waals surface area contributed by atoms with Crippen molar-refractivity contribution in [3.8, 4) is 5.75 Å². The summed E-state index contributed by atoms with van der Waals surface area (Å²) in [7, 11) is 1.61. The van der Waals surface area contributed by atoms with Crippen LogP contribution >= 0.6 is 11.6 Å². The first kappa shape index (κ1) is 19.0. The number of benzene rings is 1. The summed E-state index contributed by atoms with van der Waals surface area (Å²) in [6.45, 7) is 3.04. The molecule has 1 aromatic heterocycles. The molecule has 0 bridgehead atoms. The molecule has 0 fully saturated rings. The lowest BCUT2D eigenvalue weighted by molar-refractivity contribution is -0.123. The van der Waals surface area contributed by atoms with Crippen molar-refractivity contribution >= 4 is 17.5 Å². The van der Waals surface area contributed by atoms with Gasteiger partial charge in [0.25, 0.3) is 5.91 Å². The van der Waals surface area contributed by atoms with Crippen molar-refractivity contribution in [2.75, 3.05) is 20.3 Å².